The standard InChI is InChI=1S/C11H10F2N2O/c1-3-7-15(4-2)11(16)8-5-6-14-10(13)9(8)12/h1,5-6H,4,7H2,2H3. The normalized spacial score (nSPS) is 9.62. The van der Waals surface area contributed by atoms with E-state index in [4.69, 9.17) is 6.42 Å². The molecule has 0 atom stereocenters. The van der Waals surface area contributed by atoms with Crippen LogP contribution >= 0.6 is 0 Å². The Hall–Kier alpha value is -1.96. The smallest absolute Gasteiger partial charge is 0.257 e. The van der Waals surface area contributed by atoms with Crippen molar-refractivity contribution in [2.75, 3.05) is 13.1 Å². The van der Waals surface area contributed by atoms with Gasteiger partial charge in [0.25, 0.3) is 5.91 Å². The molecule has 84 valence electrons. The molecule has 0 aliphatic heterocycles. The van der Waals surface area contributed by atoms with Gasteiger partial charge >= 0.3 is 0 Å². The van der Waals surface area contributed by atoms with Crippen molar-refractivity contribution >= 4 is 5.91 Å². The van der Waals surface area contributed by atoms with Crippen molar-refractivity contribution in [1.29, 1.82) is 0 Å². The first-order chi connectivity index (χ1) is 7.61. The fourth-order valence-corrected chi connectivity index (χ4v) is 1.19. The Morgan fingerprint density at radius 1 is 1.62 bits per heavy atom. The molecule has 1 amide bonds. The predicted octanol–water partition coefficient (Wildman–Crippen LogP) is 1.46. The molecule has 5 heteroatoms. The van der Waals surface area contributed by atoms with E-state index in [0.717, 1.165) is 12.3 Å². The van der Waals surface area contributed by atoms with Crippen LogP contribution in [0.5, 0.6) is 0 Å². The lowest BCUT2D eigenvalue weighted by molar-refractivity contribution is 0.0778. The van der Waals surface area contributed by atoms with Crippen LogP contribution in [-0.4, -0.2) is 28.9 Å². The molecular weight excluding hydrogens is 214 g/mol. The van der Waals surface area contributed by atoms with Crippen LogP contribution in [-0.2, 0) is 0 Å². The SMILES string of the molecule is C#CCN(CC)C(=O)c1ccnc(F)c1F. The maximum Gasteiger partial charge on any atom is 0.257 e. The van der Waals surface area contributed by atoms with Gasteiger partial charge in [0, 0.05) is 12.7 Å². The second-order valence-electron chi connectivity index (χ2n) is 2.99. The minimum absolute atomic E-state index is 0.0543. The van der Waals surface area contributed by atoms with E-state index in [-0.39, 0.29) is 12.1 Å². The van der Waals surface area contributed by atoms with Crippen molar-refractivity contribution < 1.29 is 13.6 Å². The van der Waals surface area contributed by atoms with Gasteiger partial charge in [-0.1, -0.05) is 5.92 Å². The first-order valence-electron chi connectivity index (χ1n) is 4.64. The largest absolute Gasteiger partial charge is 0.328 e. The lowest BCUT2D eigenvalue weighted by atomic mass is 10.2. The van der Waals surface area contributed by atoms with E-state index in [1.807, 2.05) is 0 Å². The van der Waals surface area contributed by atoms with Crippen molar-refractivity contribution in [1.82, 2.24) is 9.88 Å². The summed E-state index contributed by atoms with van der Waals surface area (Å²) >= 11 is 0. The molecule has 3 nitrogen and oxygen atoms in total. The molecule has 0 saturated heterocycles. The van der Waals surface area contributed by atoms with E-state index in [1.165, 1.54) is 4.90 Å². The zero-order valence-electron chi connectivity index (χ0n) is 8.70. The Morgan fingerprint density at radius 3 is 2.88 bits per heavy atom. The number of amides is 1. The summed E-state index contributed by atoms with van der Waals surface area (Å²) in [7, 11) is 0. The van der Waals surface area contributed by atoms with Gasteiger partial charge < -0.3 is 4.90 Å². The van der Waals surface area contributed by atoms with Gasteiger partial charge in [-0.2, -0.15) is 4.39 Å². The molecule has 0 spiro atoms. The minimum Gasteiger partial charge on any atom is -0.328 e. The van der Waals surface area contributed by atoms with Gasteiger partial charge in [0.05, 0.1) is 12.1 Å². The third-order valence-corrected chi connectivity index (χ3v) is 2.03. The number of rotatable bonds is 3. The van der Waals surface area contributed by atoms with Gasteiger partial charge in [0.2, 0.25) is 5.95 Å². The molecule has 0 unspecified atom stereocenters. The highest BCUT2D eigenvalue weighted by Crippen LogP contribution is 2.11. The summed E-state index contributed by atoms with van der Waals surface area (Å²) in [6.07, 6.45) is 6.10. The van der Waals surface area contributed by atoms with E-state index in [0.29, 0.717) is 6.54 Å². The van der Waals surface area contributed by atoms with Crippen molar-refractivity contribution in [3.05, 3.63) is 29.6 Å². The highest BCUT2D eigenvalue weighted by molar-refractivity contribution is 5.94. The Labute approximate surface area is 92.1 Å². The van der Waals surface area contributed by atoms with Gasteiger partial charge in [-0.05, 0) is 13.0 Å². The third kappa shape index (κ3) is 2.34. The number of hydrogen-bond acceptors (Lipinski definition) is 2. The van der Waals surface area contributed by atoms with Crippen molar-refractivity contribution in [2.24, 2.45) is 0 Å². The topological polar surface area (TPSA) is 33.2 Å². The monoisotopic (exact) mass is 224 g/mol. The van der Waals surface area contributed by atoms with Crippen molar-refractivity contribution in [3.8, 4) is 12.3 Å². The quantitative estimate of drug-likeness (QED) is 0.575. The number of carbonyl (C=O) groups is 1. The maximum absolute atomic E-state index is 13.3. The van der Waals surface area contributed by atoms with Crippen LogP contribution in [0.15, 0.2) is 12.3 Å². The van der Waals surface area contributed by atoms with E-state index in [2.05, 4.69) is 10.9 Å². The molecule has 0 bridgehead atoms. The van der Waals surface area contributed by atoms with Gasteiger partial charge in [-0.15, -0.1) is 6.42 Å². The lowest BCUT2D eigenvalue weighted by Gasteiger charge is -2.17. The molecule has 1 heterocycles. The molecule has 0 aliphatic rings. The van der Waals surface area contributed by atoms with E-state index >= 15 is 0 Å². The fourth-order valence-electron chi connectivity index (χ4n) is 1.19. The summed E-state index contributed by atoms with van der Waals surface area (Å²) in [4.78, 5) is 16.1. The summed E-state index contributed by atoms with van der Waals surface area (Å²) < 4.78 is 26.0. The van der Waals surface area contributed by atoms with E-state index in [9.17, 15) is 13.6 Å². The zero-order valence-corrected chi connectivity index (χ0v) is 8.70. The molecule has 0 radical (unpaired) electrons. The molecule has 1 rings (SSSR count). The first-order valence-corrected chi connectivity index (χ1v) is 4.64. The molecule has 1 aromatic rings. The Bertz CT molecular complexity index is 440. The maximum atomic E-state index is 13.3. The first kappa shape index (κ1) is 12.1. The summed E-state index contributed by atoms with van der Waals surface area (Å²) in [6, 6.07) is 1.12. The third-order valence-electron chi connectivity index (χ3n) is 2.03. The van der Waals surface area contributed by atoms with Crippen LogP contribution in [0.2, 0.25) is 0 Å². The van der Waals surface area contributed by atoms with Crippen molar-refractivity contribution in [3.63, 3.8) is 0 Å². The second-order valence-corrected chi connectivity index (χ2v) is 2.99. The highest BCUT2D eigenvalue weighted by atomic mass is 19.2. The Balaban J connectivity index is 3.05. The lowest BCUT2D eigenvalue weighted by Crippen LogP contribution is -2.32. The Kier molecular flexibility index (Phi) is 3.95. The molecular formula is C11H10F2N2O. The average Bonchev–Trinajstić information content (AvgIpc) is 2.29. The van der Waals surface area contributed by atoms with Gasteiger partial charge in [0.1, 0.15) is 0 Å². The number of nitrogens with zero attached hydrogens (tertiary/aromatic N) is 2. The van der Waals surface area contributed by atoms with Crippen LogP contribution in [0.4, 0.5) is 8.78 Å². The molecule has 0 saturated carbocycles. The molecule has 16 heavy (non-hydrogen) atoms. The average molecular weight is 224 g/mol. The molecule has 0 aliphatic carbocycles. The Morgan fingerprint density at radius 2 is 2.31 bits per heavy atom. The molecule has 0 fully saturated rings. The number of hydrogen-bond donors (Lipinski definition) is 0. The van der Waals surface area contributed by atoms with E-state index in [1.54, 1.807) is 6.92 Å². The summed E-state index contributed by atoms with van der Waals surface area (Å²) in [5.41, 5.74) is -0.357. The van der Waals surface area contributed by atoms with Crippen LogP contribution < -0.4 is 0 Å². The fraction of sp³-hybridized carbons (Fsp3) is 0.273. The van der Waals surface area contributed by atoms with Crippen LogP contribution in [0, 0.1) is 24.1 Å². The minimum atomic E-state index is -1.29. The number of pyridine rings is 1. The van der Waals surface area contributed by atoms with Gasteiger partial charge in [-0.3, -0.25) is 4.79 Å². The number of carbonyl (C=O) groups excluding carboxylic acids is 1. The molecule has 0 N–H and O–H groups in total. The molecule has 1 aromatic heterocycles. The van der Waals surface area contributed by atoms with Crippen LogP contribution in [0.3, 0.4) is 0 Å². The zero-order chi connectivity index (χ0) is 12.1. The van der Waals surface area contributed by atoms with Gasteiger partial charge in [0.15, 0.2) is 5.82 Å². The van der Waals surface area contributed by atoms with E-state index < -0.39 is 17.7 Å². The summed E-state index contributed by atoms with van der Waals surface area (Å²) in [5, 5.41) is 0. The molecule has 0 aromatic carbocycles. The predicted molar refractivity (Wildman–Crippen MR) is 54.6 cm³/mol. The second kappa shape index (κ2) is 5.21. The number of halogens is 2. The number of aromatic nitrogens is 1. The van der Waals surface area contributed by atoms with Crippen LogP contribution in [0.25, 0.3) is 0 Å². The highest BCUT2D eigenvalue weighted by Gasteiger charge is 2.20. The summed E-state index contributed by atoms with van der Waals surface area (Å²) in [5.74, 6) is -0.899. The van der Waals surface area contributed by atoms with Crippen molar-refractivity contribution in [2.45, 2.75) is 6.92 Å². The van der Waals surface area contributed by atoms with Crippen LogP contribution in [0.1, 0.15) is 17.3 Å². The van der Waals surface area contributed by atoms with Gasteiger partial charge in [-0.25, -0.2) is 9.37 Å². The summed E-state index contributed by atoms with van der Waals surface area (Å²) in [6.45, 7) is 2.08. The number of terminal acetylenes is 1.